The maximum absolute atomic E-state index is 13.2. The number of hydrogen-bond acceptors (Lipinski definition) is 3. The summed E-state index contributed by atoms with van der Waals surface area (Å²) in [4.78, 5) is 25.3. The third-order valence-corrected chi connectivity index (χ3v) is 4.75. The van der Waals surface area contributed by atoms with Gasteiger partial charge in [0, 0.05) is 17.7 Å². The second-order valence-corrected chi connectivity index (χ2v) is 6.72. The van der Waals surface area contributed by atoms with Crippen molar-refractivity contribution in [1.29, 1.82) is 0 Å². The monoisotopic (exact) mass is 382 g/mol. The third kappa shape index (κ3) is 3.99. The predicted molar refractivity (Wildman–Crippen MR) is 112 cm³/mol. The van der Waals surface area contributed by atoms with Crippen LogP contribution in [0, 0.1) is 10.1 Å². The number of non-ortho nitro benzene ring substituents is 1. The van der Waals surface area contributed by atoms with Gasteiger partial charge in [0.05, 0.1) is 17.2 Å². The summed E-state index contributed by atoms with van der Waals surface area (Å²) >= 11 is 0. The molecular weight excluding hydrogens is 364 g/mol. The van der Waals surface area contributed by atoms with E-state index < -0.39 is 4.92 Å². The SMILES string of the molecule is O=C1/C(=C\c2ccc([N+](=O)[O-])cc2)C=C(c2ccccc2)N1Cc1ccccc1. The van der Waals surface area contributed by atoms with Gasteiger partial charge in [0.1, 0.15) is 0 Å². The van der Waals surface area contributed by atoms with Crippen LogP contribution in [0.15, 0.2) is 96.6 Å². The molecule has 1 heterocycles. The molecular formula is C24H18N2O3. The van der Waals surface area contributed by atoms with Crippen LogP contribution in [0.3, 0.4) is 0 Å². The van der Waals surface area contributed by atoms with Crippen molar-refractivity contribution in [3.05, 3.63) is 123 Å². The summed E-state index contributed by atoms with van der Waals surface area (Å²) in [6.45, 7) is 0.470. The number of hydrogen-bond donors (Lipinski definition) is 0. The van der Waals surface area contributed by atoms with Gasteiger partial charge in [-0.2, -0.15) is 0 Å². The van der Waals surface area contributed by atoms with E-state index in [0.717, 1.165) is 22.4 Å². The summed E-state index contributed by atoms with van der Waals surface area (Å²) in [5, 5.41) is 10.8. The van der Waals surface area contributed by atoms with E-state index in [9.17, 15) is 14.9 Å². The fraction of sp³-hybridized carbons (Fsp3) is 0.0417. The molecule has 0 saturated carbocycles. The number of carbonyl (C=O) groups is 1. The highest BCUT2D eigenvalue weighted by atomic mass is 16.6. The molecule has 5 heteroatoms. The van der Waals surface area contributed by atoms with Crippen molar-refractivity contribution >= 4 is 23.4 Å². The highest BCUT2D eigenvalue weighted by molar-refractivity contribution is 6.10. The Labute approximate surface area is 168 Å². The smallest absolute Gasteiger partial charge is 0.269 e. The first-order chi connectivity index (χ1) is 14.1. The van der Waals surface area contributed by atoms with Crippen molar-refractivity contribution in [1.82, 2.24) is 4.90 Å². The van der Waals surface area contributed by atoms with Crippen LogP contribution in [0.2, 0.25) is 0 Å². The Morgan fingerprint density at radius 1 is 0.862 bits per heavy atom. The van der Waals surface area contributed by atoms with Crippen molar-refractivity contribution in [3.63, 3.8) is 0 Å². The first-order valence-electron chi connectivity index (χ1n) is 9.21. The van der Waals surface area contributed by atoms with Gasteiger partial charge in [0.2, 0.25) is 0 Å². The fourth-order valence-corrected chi connectivity index (χ4v) is 3.30. The molecule has 29 heavy (non-hydrogen) atoms. The van der Waals surface area contributed by atoms with Gasteiger partial charge in [0.25, 0.3) is 11.6 Å². The molecule has 0 radical (unpaired) electrons. The molecule has 3 aromatic carbocycles. The number of nitro benzene ring substituents is 1. The summed E-state index contributed by atoms with van der Waals surface area (Å²) in [6, 6.07) is 25.8. The van der Waals surface area contributed by atoms with Gasteiger partial charge in [-0.25, -0.2) is 0 Å². The maximum atomic E-state index is 13.2. The molecule has 0 aromatic heterocycles. The molecule has 0 N–H and O–H groups in total. The Kier molecular flexibility index (Phi) is 5.03. The molecule has 0 bridgehead atoms. The highest BCUT2D eigenvalue weighted by Gasteiger charge is 2.29. The number of carbonyl (C=O) groups excluding carboxylic acids is 1. The predicted octanol–water partition coefficient (Wildman–Crippen LogP) is 5.06. The van der Waals surface area contributed by atoms with E-state index in [1.165, 1.54) is 12.1 Å². The van der Waals surface area contributed by atoms with Crippen molar-refractivity contribution in [2.75, 3.05) is 0 Å². The summed E-state index contributed by atoms with van der Waals surface area (Å²) in [5.74, 6) is -0.0916. The van der Waals surface area contributed by atoms with Gasteiger partial charge in [-0.1, -0.05) is 60.7 Å². The lowest BCUT2D eigenvalue weighted by molar-refractivity contribution is -0.384. The minimum absolute atomic E-state index is 0.0242. The molecule has 3 aromatic rings. The topological polar surface area (TPSA) is 63.4 Å². The zero-order valence-corrected chi connectivity index (χ0v) is 15.6. The average Bonchev–Trinajstić information content (AvgIpc) is 3.05. The van der Waals surface area contributed by atoms with E-state index in [2.05, 4.69) is 0 Å². The number of nitrogens with zero attached hydrogens (tertiary/aromatic N) is 2. The Balaban J connectivity index is 1.70. The molecule has 1 aliphatic rings. The van der Waals surface area contributed by atoms with Crippen LogP contribution >= 0.6 is 0 Å². The van der Waals surface area contributed by atoms with Crippen molar-refractivity contribution < 1.29 is 9.72 Å². The van der Waals surface area contributed by atoms with Crippen LogP contribution in [0.25, 0.3) is 11.8 Å². The first-order valence-corrected chi connectivity index (χ1v) is 9.21. The molecule has 4 rings (SSSR count). The summed E-state index contributed by atoms with van der Waals surface area (Å²) in [5.41, 5.74) is 4.16. The van der Waals surface area contributed by atoms with E-state index in [1.54, 1.807) is 23.1 Å². The molecule has 1 aliphatic heterocycles. The zero-order chi connectivity index (χ0) is 20.2. The van der Waals surface area contributed by atoms with Gasteiger partial charge < -0.3 is 4.90 Å². The van der Waals surface area contributed by atoms with Crippen LogP contribution in [0.1, 0.15) is 16.7 Å². The standard InChI is InChI=1S/C24H18N2O3/c27-24-21(15-18-11-13-22(14-12-18)26(28)29)16-23(20-9-5-2-6-10-20)25(24)17-19-7-3-1-4-8-19/h1-16H,17H2/b21-15-. The second kappa shape index (κ2) is 7.94. The molecule has 0 aliphatic carbocycles. The molecule has 0 fully saturated rings. The van der Waals surface area contributed by atoms with Gasteiger partial charge >= 0.3 is 0 Å². The molecule has 142 valence electrons. The Bertz CT molecular complexity index is 1100. The largest absolute Gasteiger partial charge is 0.303 e. The van der Waals surface area contributed by atoms with Gasteiger partial charge in [-0.05, 0) is 41.0 Å². The Hall–Kier alpha value is -3.99. The molecule has 1 amide bonds. The Morgan fingerprint density at radius 3 is 2.10 bits per heavy atom. The summed E-state index contributed by atoms with van der Waals surface area (Å²) < 4.78 is 0. The van der Waals surface area contributed by atoms with Crippen molar-refractivity contribution in [3.8, 4) is 0 Å². The van der Waals surface area contributed by atoms with Crippen LogP contribution in [-0.2, 0) is 11.3 Å². The quantitative estimate of drug-likeness (QED) is 0.352. The number of amides is 1. The van der Waals surface area contributed by atoms with E-state index in [-0.39, 0.29) is 11.6 Å². The van der Waals surface area contributed by atoms with Crippen LogP contribution < -0.4 is 0 Å². The van der Waals surface area contributed by atoms with Crippen LogP contribution in [0.4, 0.5) is 5.69 Å². The second-order valence-electron chi connectivity index (χ2n) is 6.72. The number of nitro groups is 1. The van der Waals surface area contributed by atoms with E-state index >= 15 is 0 Å². The van der Waals surface area contributed by atoms with Crippen LogP contribution in [0.5, 0.6) is 0 Å². The lowest BCUT2D eigenvalue weighted by Gasteiger charge is -2.20. The van der Waals surface area contributed by atoms with Crippen LogP contribution in [-0.4, -0.2) is 15.7 Å². The van der Waals surface area contributed by atoms with Crippen molar-refractivity contribution in [2.45, 2.75) is 6.54 Å². The van der Waals surface area contributed by atoms with Gasteiger partial charge in [-0.15, -0.1) is 0 Å². The summed E-state index contributed by atoms with van der Waals surface area (Å²) in [7, 11) is 0. The Morgan fingerprint density at radius 2 is 1.48 bits per heavy atom. The molecule has 0 saturated heterocycles. The van der Waals surface area contributed by atoms with E-state index in [4.69, 9.17) is 0 Å². The lowest BCUT2D eigenvalue weighted by Crippen LogP contribution is -2.25. The third-order valence-electron chi connectivity index (χ3n) is 4.75. The molecule has 5 nitrogen and oxygen atoms in total. The molecule has 0 atom stereocenters. The number of rotatable bonds is 5. The van der Waals surface area contributed by atoms with E-state index in [1.807, 2.05) is 66.7 Å². The lowest BCUT2D eigenvalue weighted by atomic mass is 10.1. The zero-order valence-electron chi connectivity index (χ0n) is 15.6. The normalized spacial score (nSPS) is 14.9. The minimum atomic E-state index is -0.438. The highest BCUT2D eigenvalue weighted by Crippen LogP contribution is 2.32. The average molecular weight is 382 g/mol. The molecule has 0 spiro atoms. The van der Waals surface area contributed by atoms with Gasteiger partial charge in [0.15, 0.2) is 0 Å². The van der Waals surface area contributed by atoms with E-state index in [0.29, 0.717) is 12.1 Å². The number of benzene rings is 3. The summed E-state index contributed by atoms with van der Waals surface area (Å²) in [6.07, 6.45) is 3.64. The van der Waals surface area contributed by atoms with Crippen molar-refractivity contribution in [2.24, 2.45) is 0 Å². The van der Waals surface area contributed by atoms with Gasteiger partial charge in [-0.3, -0.25) is 14.9 Å². The maximum Gasteiger partial charge on any atom is 0.269 e. The first kappa shape index (κ1) is 18.4. The fourth-order valence-electron chi connectivity index (χ4n) is 3.30. The minimum Gasteiger partial charge on any atom is -0.303 e. The molecule has 0 unspecified atom stereocenters.